The van der Waals surface area contributed by atoms with E-state index in [0.29, 0.717) is 6.04 Å². The number of nitrogens with one attached hydrogen (secondary N) is 1. The highest BCUT2D eigenvalue weighted by atomic mass is 35.5. The van der Waals surface area contributed by atoms with Crippen molar-refractivity contribution in [3.63, 3.8) is 0 Å². The number of hydrogen-bond acceptors (Lipinski definition) is 1. The summed E-state index contributed by atoms with van der Waals surface area (Å²) in [5.41, 5.74) is 4.89. The van der Waals surface area contributed by atoms with E-state index in [0.717, 1.165) is 23.6 Å². The van der Waals surface area contributed by atoms with Gasteiger partial charge in [-0.05, 0) is 29.2 Å². The average Bonchev–Trinajstić information content (AvgIpc) is 2.47. The lowest BCUT2D eigenvalue weighted by Crippen LogP contribution is -2.21. The smallest absolute Gasteiger partial charge is 0.0487 e. The van der Waals surface area contributed by atoms with Crippen molar-refractivity contribution in [2.75, 3.05) is 0 Å². The molecule has 0 fully saturated rings. The predicted molar refractivity (Wildman–Crippen MR) is 92.9 cm³/mol. The molecule has 0 saturated heterocycles. The average molecular weight is 302 g/mol. The third kappa shape index (κ3) is 4.59. The summed E-state index contributed by atoms with van der Waals surface area (Å²) in [6.07, 6.45) is 2.31. The Morgan fingerprint density at radius 1 is 1.00 bits per heavy atom. The second kappa shape index (κ2) is 7.63. The van der Waals surface area contributed by atoms with Gasteiger partial charge in [-0.25, -0.2) is 0 Å². The van der Waals surface area contributed by atoms with Crippen molar-refractivity contribution in [2.45, 2.75) is 46.2 Å². The Morgan fingerprint density at radius 3 is 2.24 bits per heavy atom. The van der Waals surface area contributed by atoms with Crippen LogP contribution in [-0.2, 0) is 13.0 Å². The molecule has 0 saturated carbocycles. The molecule has 21 heavy (non-hydrogen) atoms. The van der Waals surface area contributed by atoms with Gasteiger partial charge in [0.15, 0.2) is 0 Å². The highest BCUT2D eigenvalue weighted by Crippen LogP contribution is 2.29. The van der Waals surface area contributed by atoms with Crippen molar-refractivity contribution < 1.29 is 0 Å². The van der Waals surface area contributed by atoms with E-state index >= 15 is 0 Å². The van der Waals surface area contributed by atoms with Gasteiger partial charge in [0.25, 0.3) is 0 Å². The van der Waals surface area contributed by atoms with E-state index in [1.54, 1.807) is 0 Å². The summed E-state index contributed by atoms with van der Waals surface area (Å²) >= 11 is 6.45. The fraction of sp³-hybridized carbons (Fsp3) is 0.368. The Hall–Kier alpha value is -1.31. The molecule has 2 rings (SSSR count). The highest BCUT2D eigenvalue weighted by Gasteiger charge is 2.05. The topological polar surface area (TPSA) is 12.0 Å². The van der Waals surface area contributed by atoms with Crippen molar-refractivity contribution in [3.8, 4) is 11.1 Å². The zero-order valence-electron chi connectivity index (χ0n) is 13.1. The minimum Gasteiger partial charge on any atom is -0.310 e. The predicted octanol–water partition coefficient (Wildman–Crippen LogP) is 5.46. The zero-order chi connectivity index (χ0) is 15.2. The molecule has 0 bridgehead atoms. The summed E-state index contributed by atoms with van der Waals surface area (Å²) in [5.74, 6) is 0. The first-order valence-corrected chi connectivity index (χ1v) is 8.09. The molecule has 0 spiro atoms. The molecule has 0 aromatic heterocycles. The standard InChI is InChI=1S/C19H24ClN/c1-4-5-15-6-9-17(10-7-15)18-11-8-16(12-19(18)20)13-21-14(2)3/h6-12,14,21H,4-5,13H2,1-3H3. The molecule has 0 atom stereocenters. The van der Waals surface area contributed by atoms with Gasteiger partial charge in [-0.2, -0.15) is 0 Å². The fourth-order valence-corrected chi connectivity index (χ4v) is 2.68. The number of hydrogen-bond donors (Lipinski definition) is 1. The summed E-state index contributed by atoms with van der Waals surface area (Å²) in [4.78, 5) is 0. The highest BCUT2D eigenvalue weighted by molar-refractivity contribution is 6.33. The van der Waals surface area contributed by atoms with Gasteiger partial charge in [0, 0.05) is 23.2 Å². The summed E-state index contributed by atoms with van der Waals surface area (Å²) < 4.78 is 0. The lowest BCUT2D eigenvalue weighted by Gasteiger charge is -2.11. The Morgan fingerprint density at radius 2 is 1.67 bits per heavy atom. The van der Waals surface area contributed by atoms with Crippen LogP contribution in [-0.4, -0.2) is 6.04 Å². The Balaban J connectivity index is 2.16. The first-order chi connectivity index (χ1) is 10.1. The monoisotopic (exact) mass is 301 g/mol. The fourth-order valence-electron chi connectivity index (χ4n) is 2.36. The van der Waals surface area contributed by atoms with E-state index in [1.165, 1.54) is 23.1 Å². The molecule has 0 radical (unpaired) electrons. The van der Waals surface area contributed by atoms with Crippen LogP contribution in [0.2, 0.25) is 5.02 Å². The molecule has 2 aromatic carbocycles. The molecule has 0 aliphatic rings. The van der Waals surface area contributed by atoms with Crippen LogP contribution in [0, 0.1) is 0 Å². The van der Waals surface area contributed by atoms with Crippen LogP contribution in [0.3, 0.4) is 0 Å². The minimum atomic E-state index is 0.481. The summed E-state index contributed by atoms with van der Waals surface area (Å²) in [6, 6.07) is 15.5. The minimum absolute atomic E-state index is 0.481. The van der Waals surface area contributed by atoms with Crippen LogP contribution < -0.4 is 5.32 Å². The molecule has 0 aliphatic heterocycles. The van der Waals surface area contributed by atoms with Crippen LogP contribution in [0.15, 0.2) is 42.5 Å². The quantitative estimate of drug-likeness (QED) is 0.747. The first kappa shape index (κ1) is 16.1. The number of halogens is 1. The third-order valence-corrected chi connectivity index (χ3v) is 3.86. The van der Waals surface area contributed by atoms with E-state index in [2.05, 4.69) is 68.6 Å². The largest absolute Gasteiger partial charge is 0.310 e. The maximum atomic E-state index is 6.45. The Bertz CT molecular complexity index is 573. The van der Waals surface area contributed by atoms with Crippen molar-refractivity contribution in [1.82, 2.24) is 5.32 Å². The molecule has 0 aliphatic carbocycles. The van der Waals surface area contributed by atoms with E-state index in [1.807, 2.05) is 0 Å². The maximum Gasteiger partial charge on any atom is 0.0487 e. The van der Waals surface area contributed by atoms with Gasteiger partial charge in [0.05, 0.1) is 0 Å². The van der Waals surface area contributed by atoms with Gasteiger partial charge >= 0.3 is 0 Å². The second-order valence-corrected chi connectivity index (χ2v) is 6.20. The van der Waals surface area contributed by atoms with Crippen LogP contribution in [0.5, 0.6) is 0 Å². The van der Waals surface area contributed by atoms with E-state index < -0.39 is 0 Å². The maximum absolute atomic E-state index is 6.45. The van der Waals surface area contributed by atoms with Crippen LogP contribution in [0.4, 0.5) is 0 Å². The molecule has 1 nitrogen and oxygen atoms in total. The number of benzene rings is 2. The molecule has 0 unspecified atom stereocenters. The van der Waals surface area contributed by atoms with Gasteiger partial charge in [-0.15, -0.1) is 0 Å². The lowest BCUT2D eigenvalue weighted by atomic mass is 10.0. The van der Waals surface area contributed by atoms with Crippen LogP contribution >= 0.6 is 11.6 Å². The normalized spacial score (nSPS) is 11.1. The van der Waals surface area contributed by atoms with Gasteiger partial charge in [-0.3, -0.25) is 0 Å². The molecular formula is C19H24ClN. The van der Waals surface area contributed by atoms with Crippen molar-refractivity contribution in [2.24, 2.45) is 0 Å². The second-order valence-electron chi connectivity index (χ2n) is 5.80. The molecule has 2 aromatic rings. The van der Waals surface area contributed by atoms with Gasteiger partial charge in [-0.1, -0.05) is 75.2 Å². The zero-order valence-corrected chi connectivity index (χ0v) is 13.9. The molecule has 2 heteroatoms. The van der Waals surface area contributed by atoms with Crippen molar-refractivity contribution >= 4 is 11.6 Å². The first-order valence-electron chi connectivity index (χ1n) is 7.71. The van der Waals surface area contributed by atoms with Crippen LogP contribution in [0.25, 0.3) is 11.1 Å². The molecule has 112 valence electrons. The van der Waals surface area contributed by atoms with Gasteiger partial charge < -0.3 is 5.32 Å². The van der Waals surface area contributed by atoms with Crippen molar-refractivity contribution in [1.29, 1.82) is 0 Å². The summed E-state index contributed by atoms with van der Waals surface area (Å²) in [7, 11) is 0. The van der Waals surface area contributed by atoms with E-state index in [9.17, 15) is 0 Å². The SMILES string of the molecule is CCCc1ccc(-c2ccc(CNC(C)C)cc2Cl)cc1. The number of rotatable bonds is 6. The Labute approximate surface area is 133 Å². The molecular weight excluding hydrogens is 278 g/mol. The van der Waals surface area contributed by atoms with Gasteiger partial charge in [0.2, 0.25) is 0 Å². The number of aryl methyl sites for hydroxylation is 1. The lowest BCUT2D eigenvalue weighted by molar-refractivity contribution is 0.589. The van der Waals surface area contributed by atoms with Crippen LogP contribution in [0.1, 0.15) is 38.3 Å². The molecule has 1 N–H and O–H groups in total. The van der Waals surface area contributed by atoms with Gasteiger partial charge in [0.1, 0.15) is 0 Å². The Kier molecular flexibility index (Phi) is 5.84. The molecule has 0 amide bonds. The molecule has 0 heterocycles. The summed E-state index contributed by atoms with van der Waals surface area (Å²) in [5, 5.41) is 4.23. The summed E-state index contributed by atoms with van der Waals surface area (Å²) in [6.45, 7) is 7.35. The van der Waals surface area contributed by atoms with E-state index in [4.69, 9.17) is 11.6 Å². The van der Waals surface area contributed by atoms with Crippen molar-refractivity contribution in [3.05, 3.63) is 58.6 Å². The van der Waals surface area contributed by atoms with E-state index in [-0.39, 0.29) is 0 Å². The third-order valence-electron chi connectivity index (χ3n) is 3.55.